The van der Waals surface area contributed by atoms with Gasteiger partial charge < -0.3 is 11.1 Å². The van der Waals surface area contributed by atoms with Crippen LogP contribution in [0.5, 0.6) is 0 Å². The minimum absolute atomic E-state index is 0.186. The van der Waals surface area contributed by atoms with Gasteiger partial charge >= 0.3 is 0 Å². The molecule has 1 unspecified atom stereocenters. The highest BCUT2D eigenvalue weighted by atomic mass is 16.1. The average molecular weight is 219 g/mol. The summed E-state index contributed by atoms with van der Waals surface area (Å²) in [4.78, 5) is 13.4. The molecule has 3 N–H and O–H groups in total. The lowest BCUT2D eigenvalue weighted by Crippen LogP contribution is -2.56. The second kappa shape index (κ2) is 5.09. The average Bonchev–Trinajstić information content (AvgIpc) is 2.31. The van der Waals surface area contributed by atoms with Gasteiger partial charge in [0.1, 0.15) is 6.04 Å². The van der Waals surface area contributed by atoms with E-state index in [0.29, 0.717) is 6.54 Å². The Morgan fingerprint density at radius 2 is 2.19 bits per heavy atom. The van der Waals surface area contributed by atoms with Crippen molar-refractivity contribution in [1.82, 2.24) is 10.2 Å². The second-order valence-electron chi connectivity index (χ2n) is 4.08. The Balaban J connectivity index is 2.04. The first-order valence-electron chi connectivity index (χ1n) is 5.55. The number of nitrogens with zero attached hydrogens (tertiary/aromatic N) is 1. The molecule has 1 fully saturated rings. The third kappa shape index (κ3) is 2.59. The van der Waals surface area contributed by atoms with E-state index in [1.165, 1.54) is 5.56 Å². The number of amides is 1. The van der Waals surface area contributed by atoms with Crippen molar-refractivity contribution in [3.05, 3.63) is 35.9 Å². The molecule has 2 rings (SSSR count). The van der Waals surface area contributed by atoms with Crippen molar-refractivity contribution in [1.29, 1.82) is 0 Å². The van der Waals surface area contributed by atoms with Crippen molar-refractivity contribution in [3.8, 4) is 0 Å². The summed E-state index contributed by atoms with van der Waals surface area (Å²) in [5.41, 5.74) is 6.61. The van der Waals surface area contributed by atoms with Crippen molar-refractivity contribution < 1.29 is 4.79 Å². The number of carbonyl (C=O) groups excluding carboxylic acids is 1. The zero-order chi connectivity index (χ0) is 11.4. The Bertz CT molecular complexity index is 353. The SMILES string of the molecule is NC(=O)C1CNCCN1Cc1ccccc1. The fourth-order valence-corrected chi connectivity index (χ4v) is 2.03. The largest absolute Gasteiger partial charge is 0.368 e. The number of hydrogen-bond acceptors (Lipinski definition) is 3. The van der Waals surface area contributed by atoms with E-state index in [-0.39, 0.29) is 11.9 Å². The topological polar surface area (TPSA) is 58.4 Å². The molecule has 0 radical (unpaired) electrons. The molecular weight excluding hydrogens is 202 g/mol. The first-order valence-corrected chi connectivity index (χ1v) is 5.55. The molecule has 0 spiro atoms. The van der Waals surface area contributed by atoms with E-state index in [9.17, 15) is 4.79 Å². The van der Waals surface area contributed by atoms with E-state index in [0.717, 1.165) is 19.6 Å². The number of rotatable bonds is 3. The quantitative estimate of drug-likeness (QED) is 0.749. The van der Waals surface area contributed by atoms with Crippen LogP contribution in [0.15, 0.2) is 30.3 Å². The van der Waals surface area contributed by atoms with Gasteiger partial charge in [0.25, 0.3) is 0 Å². The van der Waals surface area contributed by atoms with Gasteiger partial charge in [-0.1, -0.05) is 30.3 Å². The number of piperazine rings is 1. The first-order chi connectivity index (χ1) is 7.77. The van der Waals surface area contributed by atoms with Crippen molar-refractivity contribution in [2.75, 3.05) is 19.6 Å². The standard InChI is InChI=1S/C12H17N3O/c13-12(16)11-8-14-6-7-15(11)9-10-4-2-1-3-5-10/h1-5,11,14H,6-9H2,(H2,13,16). The van der Waals surface area contributed by atoms with Crippen molar-refractivity contribution in [2.45, 2.75) is 12.6 Å². The number of nitrogens with two attached hydrogens (primary N) is 1. The summed E-state index contributed by atoms with van der Waals surface area (Å²) >= 11 is 0. The summed E-state index contributed by atoms with van der Waals surface area (Å²) in [5.74, 6) is -0.247. The fraction of sp³-hybridized carbons (Fsp3) is 0.417. The highest BCUT2D eigenvalue weighted by molar-refractivity contribution is 5.80. The first kappa shape index (κ1) is 11.1. The van der Waals surface area contributed by atoms with Gasteiger partial charge in [0.15, 0.2) is 0 Å². The van der Waals surface area contributed by atoms with E-state index in [4.69, 9.17) is 5.73 Å². The third-order valence-corrected chi connectivity index (χ3v) is 2.91. The second-order valence-corrected chi connectivity index (χ2v) is 4.08. The number of benzene rings is 1. The van der Waals surface area contributed by atoms with Crippen LogP contribution in [0, 0.1) is 0 Å². The van der Waals surface area contributed by atoms with Gasteiger partial charge in [0, 0.05) is 26.2 Å². The molecule has 16 heavy (non-hydrogen) atoms. The number of primary amides is 1. The van der Waals surface area contributed by atoms with Crippen LogP contribution < -0.4 is 11.1 Å². The Kier molecular flexibility index (Phi) is 3.54. The summed E-state index contributed by atoms with van der Waals surface area (Å²) in [6, 6.07) is 9.97. The molecule has 4 heteroatoms. The predicted molar refractivity (Wildman–Crippen MR) is 62.7 cm³/mol. The van der Waals surface area contributed by atoms with Gasteiger partial charge in [0.05, 0.1) is 0 Å². The molecule has 1 saturated heterocycles. The van der Waals surface area contributed by atoms with Gasteiger partial charge in [-0.2, -0.15) is 0 Å². The van der Waals surface area contributed by atoms with Crippen molar-refractivity contribution in [3.63, 3.8) is 0 Å². The highest BCUT2D eigenvalue weighted by Gasteiger charge is 2.26. The lowest BCUT2D eigenvalue weighted by atomic mass is 10.1. The van der Waals surface area contributed by atoms with E-state index < -0.39 is 0 Å². The molecule has 0 aliphatic carbocycles. The van der Waals surface area contributed by atoms with Crippen LogP contribution in [0.25, 0.3) is 0 Å². The maximum absolute atomic E-state index is 11.3. The van der Waals surface area contributed by atoms with Crippen LogP contribution in [-0.4, -0.2) is 36.5 Å². The predicted octanol–water partition coefficient (Wildman–Crippen LogP) is -0.0543. The highest BCUT2D eigenvalue weighted by Crippen LogP contribution is 2.09. The Hall–Kier alpha value is -1.39. The summed E-state index contributed by atoms with van der Waals surface area (Å²) < 4.78 is 0. The summed E-state index contributed by atoms with van der Waals surface area (Å²) in [6.07, 6.45) is 0. The normalized spacial score (nSPS) is 21.9. The molecule has 0 aromatic heterocycles. The van der Waals surface area contributed by atoms with Crippen LogP contribution in [0.1, 0.15) is 5.56 Å². The molecule has 1 aliphatic rings. The molecule has 1 amide bonds. The molecule has 1 aromatic carbocycles. The number of nitrogens with one attached hydrogen (secondary N) is 1. The lowest BCUT2D eigenvalue weighted by molar-refractivity contribution is -0.124. The van der Waals surface area contributed by atoms with Gasteiger partial charge in [-0.15, -0.1) is 0 Å². The zero-order valence-electron chi connectivity index (χ0n) is 9.23. The summed E-state index contributed by atoms with van der Waals surface area (Å²) in [5, 5.41) is 3.19. The van der Waals surface area contributed by atoms with E-state index in [1.807, 2.05) is 18.2 Å². The molecule has 0 bridgehead atoms. The maximum Gasteiger partial charge on any atom is 0.236 e. The van der Waals surface area contributed by atoms with Gasteiger partial charge in [-0.05, 0) is 5.56 Å². The summed E-state index contributed by atoms with van der Waals surface area (Å²) in [6.45, 7) is 3.22. The van der Waals surface area contributed by atoms with Crippen molar-refractivity contribution in [2.24, 2.45) is 5.73 Å². The van der Waals surface area contributed by atoms with Crippen LogP contribution in [-0.2, 0) is 11.3 Å². The Labute approximate surface area is 95.4 Å². The Morgan fingerprint density at radius 1 is 1.44 bits per heavy atom. The number of hydrogen-bond donors (Lipinski definition) is 2. The minimum Gasteiger partial charge on any atom is -0.368 e. The van der Waals surface area contributed by atoms with Gasteiger partial charge in [-0.3, -0.25) is 9.69 Å². The van der Waals surface area contributed by atoms with Crippen LogP contribution in [0.2, 0.25) is 0 Å². The van der Waals surface area contributed by atoms with E-state index in [1.54, 1.807) is 0 Å². The minimum atomic E-state index is -0.247. The zero-order valence-corrected chi connectivity index (χ0v) is 9.23. The maximum atomic E-state index is 11.3. The molecule has 86 valence electrons. The molecule has 4 nitrogen and oxygen atoms in total. The van der Waals surface area contributed by atoms with E-state index >= 15 is 0 Å². The van der Waals surface area contributed by atoms with Crippen LogP contribution >= 0.6 is 0 Å². The Morgan fingerprint density at radius 3 is 2.88 bits per heavy atom. The molecule has 1 heterocycles. The van der Waals surface area contributed by atoms with Gasteiger partial charge in [0.2, 0.25) is 5.91 Å². The van der Waals surface area contributed by atoms with Gasteiger partial charge in [-0.25, -0.2) is 0 Å². The smallest absolute Gasteiger partial charge is 0.236 e. The molecule has 1 aliphatic heterocycles. The third-order valence-electron chi connectivity index (χ3n) is 2.91. The molecule has 1 aromatic rings. The number of carbonyl (C=O) groups is 1. The molecule has 1 atom stereocenters. The van der Waals surface area contributed by atoms with Crippen LogP contribution in [0.4, 0.5) is 0 Å². The van der Waals surface area contributed by atoms with E-state index in [2.05, 4.69) is 22.3 Å². The molecular formula is C12H17N3O. The summed E-state index contributed by atoms with van der Waals surface area (Å²) in [7, 11) is 0. The molecule has 0 saturated carbocycles. The fourth-order valence-electron chi connectivity index (χ4n) is 2.03. The van der Waals surface area contributed by atoms with Crippen molar-refractivity contribution >= 4 is 5.91 Å². The monoisotopic (exact) mass is 219 g/mol. The van der Waals surface area contributed by atoms with Crippen LogP contribution in [0.3, 0.4) is 0 Å². The lowest BCUT2D eigenvalue weighted by Gasteiger charge is -2.34.